The molecule has 0 saturated heterocycles. The topological polar surface area (TPSA) is 131 Å². The third kappa shape index (κ3) is 5.40. The van der Waals surface area contributed by atoms with Gasteiger partial charge in [0, 0.05) is 25.6 Å². The molecule has 0 amide bonds. The molecule has 1 aliphatic heterocycles. The van der Waals surface area contributed by atoms with Crippen molar-refractivity contribution in [1.29, 1.82) is 5.41 Å². The molecule has 0 bridgehead atoms. The minimum absolute atomic E-state index is 0.0284. The molecule has 3 aliphatic rings. The first-order chi connectivity index (χ1) is 21.5. The van der Waals surface area contributed by atoms with Gasteiger partial charge in [0.15, 0.2) is 17.2 Å². The highest BCUT2D eigenvalue weighted by Gasteiger charge is 2.36. The molecule has 11 nitrogen and oxygen atoms in total. The lowest BCUT2D eigenvalue weighted by Gasteiger charge is -2.38. The van der Waals surface area contributed by atoms with Gasteiger partial charge in [-0.3, -0.25) is 9.79 Å². The van der Waals surface area contributed by atoms with Crippen molar-refractivity contribution < 1.29 is 9.47 Å². The summed E-state index contributed by atoms with van der Waals surface area (Å²) in [5, 5.41) is 14.3. The number of benzene rings is 1. The number of imidazole rings is 1. The number of hydrogen-bond donors (Lipinski definition) is 3. The maximum absolute atomic E-state index is 13.9. The van der Waals surface area contributed by atoms with Crippen molar-refractivity contribution in [2.45, 2.75) is 50.4 Å². The number of rotatable bonds is 10. The molecule has 3 N–H and O–H groups in total. The Labute approximate surface area is 258 Å². The standard InChI is InChI=1S/C32H31ClN8O3/c1-40-29-28(33)27(44-26(14-34)23-15-35-11-12-36-23)16-37-30(29)39-32(40)38-22-13-21(20-7-8-20)17-41(31(22)42)24-9-10-25(24)43-18-19-5-3-2-4-6-19/h2-6,11-17,20,24-25,34,36H,7-10,18H2,1H3,(H,37,38,39)/b26-23+,34-14?/t24-,25-/m1/s1. The number of aliphatic imine (C=N–C) groups is 1. The van der Waals surface area contributed by atoms with Crippen LogP contribution in [0.4, 0.5) is 11.6 Å². The van der Waals surface area contributed by atoms with Gasteiger partial charge in [-0.15, -0.1) is 0 Å². The van der Waals surface area contributed by atoms with Gasteiger partial charge in [-0.05, 0) is 48.8 Å². The van der Waals surface area contributed by atoms with E-state index >= 15 is 0 Å². The van der Waals surface area contributed by atoms with Crippen molar-refractivity contribution in [3.8, 4) is 5.75 Å². The molecule has 2 atom stereocenters. The highest BCUT2D eigenvalue weighted by Crippen LogP contribution is 2.42. The van der Waals surface area contributed by atoms with E-state index in [4.69, 9.17) is 26.5 Å². The Bertz CT molecular complexity index is 1890. The lowest BCUT2D eigenvalue weighted by Crippen LogP contribution is -2.41. The minimum atomic E-state index is -0.125. The summed E-state index contributed by atoms with van der Waals surface area (Å²) in [5.74, 6) is 1.35. The number of aryl methyl sites for hydroxylation is 1. The van der Waals surface area contributed by atoms with Crippen molar-refractivity contribution in [3.05, 3.63) is 99.2 Å². The molecular weight excluding hydrogens is 580 g/mol. The van der Waals surface area contributed by atoms with Gasteiger partial charge in [-0.25, -0.2) is 4.98 Å². The van der Waals surface area contributed by atoms with Crippen LogP contribution in [-0.4, -0.2) is 37.6 Å². The van der Waals surface area contributed by atoms with E-state index < -0.39 is 0 Å². The van der Waals surface area contributed by atoms with Crippen LogP contribution in [0.1, 0.15) is 48.8 Å². The Morgan fingerprint density at radius 1 is 1.23 bits per heavy atom. The Morgan fingerprint density at radius 2 is 2.07 bits per heavy atom. The number of aromatic nitrogens is 4. The molecule has 2 fully saturated rings. The SMILES string of the molecule is Cn1c(Nc2cc(C3CC3)cn([C@@H]3CC[C@H]3OCc3ccccc3)c2=O)nc2ncc(O/C(C=N)=C3\C=NC=CN3)c(Cl)c21. The summed E-state index contributed by atoms with van der Waals surface area (Å²) in [4.78, 5) is 27.0. The molecule has 3 aromatic heterocycles. The highest BCUT2D eigenvalue weighted by atomic mass is 35.5. The average Bonchev–Trinajstić information content (AvgIpc) is 3.83. The van der Waals surface area contributed by atoms with Crippen molar-refractivity contribution in [3.63, 3.8) is 0 Å². The predicted octanol–water partition coefficient (Wildman–Crippen LogP) is 5.71. The van der Waals surface area contributed by atoms with E-state index in [1.54, 1.807) is 30.2 Å². The molecule has 7 rings (SSSR count). The zero-order valence-corrected chi connectivity index (χ0v) is 24.8. The molecule has 2 aliphatic carbocycles. The Kier molecular flexibility index (Phi) is 7.49. The Balaban J connectivity index is 1.17. The number of fused-ring (bicyclic) bond motifs is 1. The second kappa shape index (κ2) is 11.7. The fraction of sp³-hybridized carbons (Fsp3) is 0.281. The molecule has 4 heterocycles. The van der Waals surface area contributed by atoms with Crippen LogP contribution in [0.2, 0.25) is 5.02 Å². The molecule has 2 saturated carbocycles. The van der Waals surface area contributed by atoms with Crippen molar-refractivity contribution >= 4 is 46.8 Å². The number of allylic oxidation sites excluding steroid dienone is 2. The zero-order valence-electron chi connectivity index (χ0n) is 24.0. The summed E-state index contributed by atoms with van der Waals surface area (Å²) < 4.78 is 15.8. The number of ether oxygens (including phenoxy) is 2. The maximum atomic E-state index is 13.9. The largest absolute Gasteiger partial charge is 0.450 e. The van der Waals surface area contributed by atoms with E-state index in [1.807, 2.05) is 47.2 Å². The molecule has 4 aromatic rings. The van der Waals surface area contributed by atoms with E-state index in [9.17, 15) is 4.79 Å². The number of nitrogens with one attached hydrogen (secondary N) is 3. The monoisotopic (exact) mass is 610 g/mol. The summed E-state index contributed by atoms with van der Waals surface area (Å²) in [5.41, 5.74) is 4.00. The van der Waals surface area contributed by atoms with E-state index in [1.165, 1.54) is 6.20 Å². The van der Waals surface area contributed by atoms with Crippen LogP contribution in [-0.2, 0) is 18.4 Å². The molecule has 0 spiro atoms. The van der Waals surface area contributed by atoms with Gasteiger partial charge in [0.1, 0.15) is 21.9 Å². The summed E-state index contributed by atoms with van der Waals surface area (Å²) >= 11 is 6.79. The van der Waals surface area contributed by atoms with E-state index in [2.05, 4.69) is 25.6 Å². The fourth-order valence-corrected chi connectivity index (χ4v) is 5.80. The van der Waals surface area contributed by atoms with Gasteiger partial charge < -0.3 is 34.7 Å². The van der Waals surface area contributed by atoms with E-state index in [-0.39, 0.29) is 34.2 Å². The molecule has 0 radical (unpaired) electrons. The number of nitrogens with zero attached hydrogens (tertiary/aromatic N) is 5. The van der Waals surface area contributed by atoms with Crippen LogP contribution in [0.15, 0.2) is 82.4 Å². The molecule has 12 heteroatoms. The third-order valence-corrected chi connectivity index (χ3v) is 8.59. The van der Waals surface area contributed by atoms with Gasteiger partial charge in [0.05, 0.1) is 37.4 Å². The highest BCUT2D eigenvalue weighted by molar-refractivity contribution is 6.36. The van der Waals surface area contributed by atoms with Gasteiger partial charge in [-0.2, -0.15) is 4.98 Å². The molecule has 44 heavy (non-hydrogen) atoms. The molecule has 1 aromatic carbocycles. The smallest absolute Gasteiger partial charge is 0.274 e. The van der Waals surface area contributed by atoms with Gasteiger partial charge >= 0.3 is 0 Å². The van der Waals surface area contributed by atoms with Gasteiger partial charge in [0.2, 0.25) is 5.95 Å². The number of hydrogen-bond acceptors (Lipinski definition) is 9. The summed E-state index contributed by atoms with van der Waals surface area (Å²) in [6.45, 7) is 0.517. The Hall–Kier alpha value is -4.74. The van der Waals surface area contributed by atoms with Crippen LogP contribution in [0, 0.1) is 5.41 Å². The summed E-state index contributed by atoms with van der Waals surface area (Å²) in [7, 11) is 1.80. The lowest BCUT2D eigenvalue weighted by atomic mass is 9.88. The molecule has 0 unspecified atom stereocenters. The van der Waals surface area contributed by atoms with E-state index in [0.29, 0.717) is 41.0 Å². The normalized spacial score (nSPS) is 20.2. The predicted molar refractivity (Wildman–Crippen MR) is 170 cm³/mol. The first-order valence-electron chi connectivity index (χ1n) is 14.6. The number of pyridine rings is 2. The summed E-state index contributed by atoms with van der Waals surface area (Å²) in [6.07, 6.45) is 13.3. The first-order valence-corrected chi connectivity index (χ1v) is 14.9. The number of anilines is 2. The molecular formula is C32H31ClN8O3. The minimum Gasteiger partial charge on any atom is -0.450 e. The summed E-state index contributed by atoms with van der Waals surface area (Å²) in [6, 6.07) is 12.0. The van der Waals surface area contributed by atoms with Crippen LogP contribution >= 0.6 is 11.6 Å². The third-order valence-electron chi connectivity index (χ3n) is 8.22. The van der Waals surface area contributed by atoms with Crippen LogP contribution in [0.25, 0.3) is 11.2 Å². The first kappa shape index (κ1) is 28.1. The van der Waals surface area contributed by atoms with Crippen molar-refractivity contribution in [2.24, 2.45) is 12.0 Å². The van der Waals surface area contributed by atoms with Crippen molar-refractivity contribution in [1.82, 2.24) is 24.4 Å². The second-order valence-corrected chi connectivity index (χ2v) is 11.5. The zero-order chi connectivity index (χ0) is 30.2. The van der Waals surface area contributed by atoms with Crippen LogP contribution in [0.5, 0.6) is 5.75 Å². The van der Waals surface area contributed by atoms with Gasteiger partial charge in [-0.1, -0.05) is 41.9 Å². The van der Waals surface area contributed by atoms with Crippen LogP contribution < -0.4 is 20.9 Å². The van der Waals surface area contributed by atoms with E-state index in [0.717, 1.165) is 43.0 Å². The quantitative estimate of drug-likeness (QED) is 0.155. The second-order valence-electron chi connectivity index (χ2n) is 11.1. The average molecular weight is 611 g/mol. The van der Waals surface area contributed by atoms with Crippen molar-refractivity contribution in [2.75, 3.05) is 5.32 Å². The maximum Gasteiger partial charge on any atom is 0.274 e. The van der Waals surface area contributed by atoms with Crippen LogP contribution in [0.3, 0.4) is 0 Å². The number of halogens is 1. The Morgan fingerprint density at radius 3 is 2.77 bits per heavy atom. The lowest BCUT2D eigenvalue weighted by molar-refractivity contribution is -0.0503. The van der Waals surface area contributed by atoms with Gasteiger partial charge in [0.25, 0.3) is 5.56 Å². The molecule has 224 valence electrons. The fourth-order valence-electron chi connectivity index (χ4n) is 5.50.